The number of nitrogens with one attached hydrogen (secondary N) is 2. The van der Waals surface area contributed by atoms with Crippen LogP contribution in [0.2, 0.25) is 0 Å². The van der Waals surface area contributed by atoms with Crippen LogP contribution < -0.4 is 15.5 Å². The van der Waals surface area contributed by atoms with E-state index in [4.69, 9.17) is 0 Å². The third-order valence-corrected chi connectivity index (χ3v) is 3.44. The van der Waals surface area contributed by atoms with Crippen molar-refractivity contribution in [2.24, 2.45) is 0 Å². The Labute approximate surface area is 115 Å². The molecule has 1 aromatic heterocycles. The molecule has 6 heteroatoms. The van der Waals surface area contributed by atoms with Crippen molar-refractivity contribution in [1.82, 2.24) is 15.0 Å². The smallest absolute Gasteiger partial charge is 0.231 e. The number of rotatable bonds is 7. The summed E-state index contributed by atoms with van der Waals surface area (Å²) in [6.45, 7) is 8.87. The molecule has 19 heavy (non-hydrogen) atoms. The second-order valence-corrected chi connectivity index (χ2v) is 4.76. The van der Waals surface area contributed by atoms with Gasteiger partial charge in [0.1, 0.15) is 0 Å². The summed E-state index contributed by atoms with van der Waals surface area (Å²) in [6, 6.07) is 0.529. The van der Waals surface area contributed by atoms with E-state index in [9.17, 15) is 0 Å². The van der Waals surface area contributed by atoms with Gasteiger partial charge in [-0.2, -0.15) is 15.0 Å². The Bertz CT molecular complexity index is 400. The maximum absolute atomic E-state index is 4.53. The zero-order valence-corrected chi connectivity index (χ0v) is 12.1. The molecule has 0 aliphatic heterocycles. The van der Waals surface area contributed by atoms with E-state index < -0.39 is 0 Å². The Morgan fingerprint density at radius 1 is 1.05 bits per heavy atom. The molecule has 1 saturated carbocycles. The predicted octanol–water partition coefficient (Wildman–Crippen LogP) is 2.11. The second-order valence-electron chi connectivity index (χ2n) is 4.76. The lowest BCUT2D eigenvalue weighted by Crippen LogP contribution is -2.30. The molecule has 1 aromatic rings. The minimum absolute atomic E-state index is 0.529. The number of aromatic nitrogens is 3. The standard InChI is InChI=1S/C13H24N6/c1-4-14-11-16-12(15-10-8-7-9-10)18-13(17-11)19(5-2)6-3/h10H,4-9H2,1-3H3,(H2,14,15,16,17,18). The fourth-order valence-electron chi connectivity index (χ4n) is 2.05. The average Bonchev–Trinajstić information content (AvgIpc) is 2.36. The molecule has 0 unspecified atom stereocenters. The van der Waals surface area contributed by atoms with Crippen molar-refractivity contribution in [2.75, 3.05) is 35.2 Å². The number of anilines is 3. The highest BCUT2D eigenvalue weighted by Gasteiger charge is 2.19. The van der Waals surface area contributed by atoms with Crippen LogP contribution in [0.25, 0.3) is 0 Å². The zero-order valence-electron chi connectivity index (χ0n) is 12.1. The van der Waals surface area contributed by atoms with Crippen molar-refractivity contribution in [1.29, 1.82) is 0 Å². The SMILES string of the molecule is CCNc1nc(NC2CCC2)nc(N(CC)CC)n1. The average molecular weight is 264 g/mol. The number of hydrogen-bond acceptors (Lipinski definition) is 6. The highest BCUT2D eigenvalue weighted by molar-refractivity contribution is 5.44. The predicted molar refractivity (Wildman–Crippen MR) is 78.8 cm³/mol. The molecule has 0 radical (unpaired) electrons. The van der Waals surface area contributed by atoms with E-state index in [1.807, 2.05) is 6.92 Å². The van der Waals surface area contributed by atoms with E-state index in [1.54, 1.807) is 0 Å². The molecule has 1 fully saturated rings. The molecule has 0 aromatic carbocycles. The van der Waals surface area contributed by atoms with Crippen LogP contribution in [0, 0.1) is 0 Å². The van der Waals surface area contributed by atoms with Crippen LogP contribution in [-0.4, -0.2) is 40.6 Å². The Morgan fingerprint density at radius 3 is 2.26 bits per heavy atom. The highest BCUT2D eigenvalue weighted by atomic mass is 15.3. The van der Waals surface area contributed by atoms with Crippen LogP contribution in [-0.2, 0) is 0 Å². The van der Waals surface area contributed by atoms with E-state index in [2.05, 4.69) is 44.3 Å². The minimum atomic E-state index is 0.529. The maximum atomic E-state index is 4.53. The normalized spacial score (nSPS) is 14.9. The van der Waals surface area contributed by atoms with Gasteiger partial charge in [0, 0.05) is 25.7 Å². The first-order chi connectivity index (χ1) is 9.26. The van der Waals surface area contributed by atoms with Gasteiger partial charge in [-0.3, -0.25) is 0 Å². The second kappa shape index (κ2) is 6.54. The Hall–Kier alpha value is -1.59. The van der Waals surface area contributed by atoms with Crippen molar-refractivity contribution in [2.45, 2.75) is 46.1 Å². The van der Waals surface area contributed by atoms with E-state index in [0.717, 1.165) is 25.6 Å². The van der Waals surface area contributed by atoms with Gasteiger partial charge in [0.2, 0.25) is 17.8 Å². The molecule has 2 rings (SSSR count). The molecule has 1 aliphatic rings. The highest BCUT2D eigenvalue weighted by Crippen LogP contribution is 2.22. The summed E-state index contributed by atoms with van der Waals surface area (Å²) in [6.07, 6.45) is 3.72. The monoisotopic (exact) mass is 264 g/mol. The van der Waals surface area contributed by atoms with Gasteiger partial charge in [-0.25, -0.2) is 0 Å². The van der Waals surface area contributed by atoms with E-state index in [1.165, 1.54) is 19.3 Å². The molecule has 106 valence electrons. The maximum Gasteiger partial charge on any atom is 0.231 e. The van der Waals surface area contributed by atoms with Crippen LogP contribution in [0.5, 0.6) is 0 Å². The fourth-order valence-corrected chi connectivity index (χ4v) is 2.05. The summed E-state index contributed by atoms with van der Waals surface area (Å²) in [4.78, 5) is 15.6. The van der Waals surface area contributed by atoms with Gasteiger partial charge in [-0.1, -0.05) is 0 Å². The van der Waals surface area contributed by atoms with Crippen molar-refractivity contribution in [3.63, 3.8) is 0 Å². The molecule has 0 spiro atoms. The van der Waals surface area contributed by atoms with Crippen LogP contribution in [0.15, 0.2) is 0 Å². The third kappa shape index (κ3) is 3.45. The summed E-state index contributed by atoms with van der Waals surface area (Å²) in [5, 5.41) is 6.56. The molecular formula is C13H24N6. The summed E-state index contributed by atoms with van der Waals surface area (Å²) in [5.41, 5.74) is 0. The van der Waals surface area contributed by atoms with Crippen molar-refractivity contribution in [3.8, 4) is 0 Å². The molecule has 0 atom stereocenters. The summed E-state index contributed by atoms with van der Waals surface area (Å²) in [7, 11) is 0. The molecule has 1 aliphatic carbocycles. The van der Waals surface area contributed by atoms with Gasteiger partial charge in [0.05, 0.1) is 0 Å². The summed E-state index contributed by atoms with van der Waals surface area (Å²) >= 11 is 0. The fraction of sp³-hybridized carbons (Fsp3) is 0.769. The first kappa shape index (κ1) is 13.8. The van der Waals surface area contributed by atoms with Crippen LogP contribution in [0.4, 0.5) is 17.8 Å². The van der Waals surface area contributed by atoms with Gasteiger partial charge in [-0.15, -0.1) is 0 Å². The van der Waals surface area contributed by atoms with Crippen LogP contribution in [0.1, 0.15) is 40.0 Å². The largest absolute Gasteiger partial charge is 0.354 e. The van der Waals surface area contributed by atoms with E-state index in [0.29, 0.717) is 17.9 Å². The molecular weight excluding hydrogens is 240 g/mol. The first-order valence-corrected chi connectivity index (χ1v) is 7.28. The van der Waals surface area contributed by atoms with Crippen LogP contribution in [0.3, 0.4) is 0 Å². The molecule has 0 bridgehead atoms. The Balaban J connectivity index is 2.20. The molecule has 1 heterocycles. The van der Waals surface area contributed by atoms with E-state index >= 15 is 0 Å². The summed E-state index contributed by atoms with van der Waals surface area (Å²) < 4.78 is 0. The lowest BCUT2D eigenvalue weighted by molar-refractivity contribution is 0.443. The minimum Gasteiger partial charge on any atom is -0.354 e. The molecule has 0 amide bonds. The third-order valence-electron chi connectivity index (χ3n) is 3.44. The number of nitrogens with zero attached hydrogens (tertiary/aromatic N) is 4. The van der Waals surface area contributed by atoms with Crippen LogP contribution >= 0.6 is 0 Å². The van der Waals surface area contributed by atoms with Gasteiger partial charge in [0.15, 0.2) is 0 Å². The lowest BCUT2D eigenvalue weighted by atomic mass is 9.93. The molecule has 6 nitrogen and oxygen atoms in total. The van der Waals surface area contributed by atoms with Crippen molar-refractivity contribution < 1.29 is 0 Å². The molecule has 2 N–H and O–H groups in total. The van der Waals surface area contributed by atoms with Gasteiger partial charge in [0.25, 0.3) is 0 Å². The Morgan fingerprint density at radius 2 is 1.74 bits per heavy atom. The van der Waals surface area contributed by atoms with Crippen molar-refractivity contribution >= 4 is 17.8 Å². The topological polar surface area (TPSA) is 66.0 Å². The quantitative estimate of drug-likeness (QED) is 0.786. The van der Waals surface area contributed by atoms with Gasteiger partial charge in [-0.05, 0) is 40.0 Å². The van der Waals surface area contributed by atoms with Gasteiger partial charge < -0.3 is 15.5 Å². The zero-order chi connectivity index (χ0) is 13.7. The van der Waals surface area contributed by atoms with Gasteiger partial charge >= 0.3 is 0 Å². The number of hydrogen-bond donors (Lipinski definition) is 2. The van der Waals surface area contributed by atoms with E-state index in [-0.39, 0.29) is 0 Å². The Kier molecular flexibility index (Phi) is 4.76. The summed E-state index contributed by atoms with van der Waals surface area (Å²) in [5.74, 6) is 2.09. The molecule has 0 saturated heterocycles. The first-order valence-electron chi connectivity index (χ1n) is 7.28. The van der Waals surface area contributed by atoms with Crippen molar-refractivity contribution in [3.05, 3.63) is 0 Å². The lowest BCUT2D eigenvalue weighted by Gasteiger charge is -2.27.